The minimum atomic E-state index is -0.874. The first-order valence-corrected chi connectivity index (χ1v) is 7.26. The number of carbonyl (C=O) groups excluding carboxylic acids is 2. The summed E-state index contributed by atoms with van der Waals surface area (Å²) < 4.78 is 35.6. The van der Waals surface area contributed by atoms with Gasteiger partial charge in [0.25, 0.3) is 5.91 Å². The lowest BCUT2D eigenvalue weighted by Crippen LogP contribution is -2.28. The van der Waals surface area contributed by atoms with Gasteiger partial charge in [0.05, 0.1) is 7.11 Å². The van der Waals surface area contributed by atoms with Crippen LogP contribution in [0.3, 0.4) is 0 Å². The fourth-order valence-corrected chi connectivity index (χ4v) is 1.86. The van der Waals surface area contributed by atoms with Crippen molar-refractivity contribution in [1.29, 1.82) is 0 Å². The Hall–Kier alpha value is -3.16. The van der Waals surface area contributed by atoms with E-state index in [0.29, 0.717) is 11.8 Å². The lowest BCUT2D eigenvalue weighted by molar-refractivity contribution is -0.123. The van der Waals surface area contributed by atoms with E-state index in [0.717, 1.165) is 17.7 Å². The maximum atomic E-state index is 13.4. The van der Waals surface area contributed by atoms with Crippen LogP contribution in [-0.2, 0) is 16.1 Å². The second kappa shape index (κ2) is 8.62. The molecule has 0 aliphatic carbocycles. The van der Waals surface area contributed by atoms with Gasteiger partial charge in [0, 0.05) is 18.3 Å². The van der Waals surface area contributed by atoms with Gasteiger partial charge in [-0.15, -0.1) is 0 Å². The fourth-order valence-electron chi connectivity index (χ4n) is 1.86. The molecule has 2 N–H and O–H groups in total. The Morgan fingerprint density at radius 2 is 1.80 bits per heavy atom. The molecule has 0 spiro atoms. The van der Waals surface area contributed by atoms with Crippen LogP contribution >= 0.6 is 0 Å². The third kappa shape index (κ3) is 5.76. The van der Waals surface area contributed by atoms with E-state index in [4.69, 9.17) is 4.74 Å². The molecule has 0 radical (unpaired) electrons. The zero-order valence-corrected chi connectivity index (χ0v) is 13.3. The Bertz CT molecular complexity index is 751. The third-order valence-electron chi connectivity index (χ3n) is 3.13. The standard InChI is InChI=1S/C17H16F2N2O4/c1-24-17(23)21-13-5-2-11(3-6-13)9-20-16(22)10-25-15-7-4-12(18)8-14(15)19/h2-8H,9-10H2,1H3,(H,20,22)(H,21,23). The molecule has 0 aliphatic rings. The van der Waals surface area contributed by atoms with Crippen molar-refractivity contribution in [2.75, 3.05) is 19.0 Å². The molecule has 0 heterocycles. The van der Waals surface area contributed by atoms with Gasteiger partial charge in [0.15, 0.2) is 18.2 Å². The lowest BCUT2D eigenvalue weighted by atomic mass is 10.2. The van der Waals surface area contributed by atoms with Crippen molar-refractivity contribution in [3.63, 3.8) is 0 Å². The van der Waals surface area contributed by atoms with Gasteiger partial charge in [-0.2, -0.15) is 0 Å². The topological polar surface area (TPSA) is 76.7 Å². The van der Waals surface area contributed by atoms with Crippen LogP contribution in [0.15, 0.2) is 42.5 Å². The Balaban J connectivity index is 1.78. The summed E-state index contributed by atoms with van der Waals surface area (Å²) in [4.78, 5) is 22.8. The molecular weight excluding hydrogens is 334 g/mol. The number of methoxy groups -OCH3 is 1. The molecule has 0 fully saturated rings. The van der Waals surface area contributed by atoms with E-state index in [-0.39, 0.29) is 12.3 Å². The van der Waals surface area contributed by atoms with Crippen LogP contribution in [0.25, 0.3) is 0 Å². The number of halogens is 2. The van der Waals surface area contributed by atoms with E-state index < -0.39 is 30.2 Å². The molecule has 0 saturated carbocycles. The highest BCUT2D eigenvalue weighted by atomic mass is 19.1. The number of anilines is 1. The number of hydrogen-bond acceptors (Lipinski definition) is 4. The first-order valence-electron chi connectivity index (χ1n) is 7.26. The molecule has 2 rings (SSSR count). The van der Waals surface area contributed by atoms with Crippen LogP contribution in [0.2, 0.25) is 0 Å². The summed E-state index contributed by atoms with van der Waals surface area (Å²) in [6, 6.07) is 9.58. The number of nitrogens with one attached hydrogen (secondary N) is 2. The van der Waals surface area contributed by atoms with Crippen LogP contribution in [-0.4, -0.2) is 25.7 Å². The molecule has 2 amide bonds. The Labute approximate surface area is 142 Å². The summed E-state index contributed by atoms with van der Waals surface area (Å²) in [5, 5.41) is 5.10. The molecule has 8 heteroatoms. The van der Waals surface area contributed by atoms with Gasteiger partial charge in [-0.3, -0.25) is 10.1 Å². The molecule has 0 aliphatic heterocycles. The van der Waals surface area contributed by atoms with Gasteiger partial charge < -0.3 is 14.8 Å². The molecule has 25 heavy (non-hydrogen) atoms. The average molecular weight is 350 g/mol. The summed E-state index contributed by atoms with van der Waals surface area (Å²) in [6.07, 6.45) is -0.578. The van der Waals surface area contributed by atoms with Gasteiger partial charge in [-0.25, -0.2) is 13.6 Å². The summed E-state index contributed by atoms with van der Waals surface area (Å²) in [7, 11) is 1.26. The lowest BCUT2D eigenvalue weighted by Gasteiger charge is -2.09. The number of ether oxygens (including phenoxy) is 2. The smallest absolute Gasteiger partial charge is 0.411 e. The second-order valence-corrected chi connectivity index (χ2v) is 4.95. The van der Waals surface area contributed by atoms with E-state index >= 15 is 0 Å². The van der Waals surface area contributed by atoms with Crippen molar-refractivity contribution in [2.24, 2.45) is 0 Å². The van der Waals surface area contributed by atoms with Crippen LogP contribution < -0.4 is 15.4 Å². The average Bonchev–Trinajstić information content (AvgIpc) is 2.60. The highest BCUT2D eigenvalue weighted by Gasteiger charge is 2.08. The van der Waals surface area contributed by atoms with Crippen molar-refractivity contribution in [2.45, 2.75) is 6.54 Å². The van der Waals surface area contributed by atoms with Gasteiger partial charge in [0.1, 0.15) is 5.82 Å². The molecule has 0 atom stereocenters. The van der Waals surface area contributed by atoms with Crippen molar-refractivity contribution in [3.8, 4) is 5.75 Å². The second-order valence-electron chi connectivity index (χ2n) is 4.95. The van der Waals surface area contributed by atoms with Crippen molar-refractivity contribution >= 4 is 17.7 Å². The molecule has 0 aromatic heterocycles. The summed E-state index contributed by atoms with van der Waals surface area (Å²) in [5.41, 5.74) is 1.34. The van der Waals surface area contributed by atoms with Crippen LogP contribution in [0.4, 0.5) is 19.3 Å². The zero-order chi connectivity index (χ0) is 18.2. The first kappa shape index (κ1) is 18.2. The fraction of sp³-hybridized carbons (Fsp3) is 0.176. The highest BCUT2D eigenvalue weighted by Crippen LogP contribution is 2.17. The zero-order valence-electron chi connectivity index (χ0n) is 13.3. The maximum Gasteiger partial charge on any atom is 0.411 e. The van der Waals surface area contributed by atoms with E-state index in [9.17, 15) is 18.4 Å². The molecule has 2 aromatic carbocycles. The van der Waals surface area contributed by atoms with Crippen molar-refractivity contribution in [1.82, 2.24) is 5.32 Å². The number of rotatable bonds is 6. The minimum Gasteiger partial charge on any atom is -0.481 e. The Morgan fingerprint density at radius 3 is 2.44 bits per heavy atom. The summed E-state index contributed by atoms with van der Waals surface area (Å²) in [6.45, 7) is -0.170. The van der Waals surface area contributed by atoms with Gasteiger partial charge >= 0.3 is 6.09 Å². The molecule has 0 unspecified atom stereocenters. The maximum absolute atomic E-state index is 13.4. The van der Waals surface area contributed by atoms with E-state index in [2.05, 4.69) is 15.4 Å². The quantitative estimate of drug-likeness (QED) is 0.840. The first-order chi connectivity index (χ1) is 12.0. The predicted octanol–water partition coefficient (Wildman–Crippen LogP) is 2.84. The third-order valence-corrected chi connectivity index (χ3v) is 3.13. The minimum absolute atomic E-state index is 0.199. The van der Waals surface area contributed by atoms with Crippen LogP contribution in [0.5, 0.6) is 5.75 Å². The largest absolute Gasteiger partial charge is 0.481 e. The van der Waals surface area contributed by atoms with Gasteiger partial charge in [-0.05, 0) is 29.8 Å². The van der Waals surface area contributed by atoms with Gasteiger partial charge in [0.2, 0.25) is 0 Å². The SMILES string of the molecule is COC(=O)Nc1ccc(CNC(=O)COc2ccc(F)cc2F)cc1. The summed E-state index contributed by atoms with van der Waals surface area (Å²) in [5.74, 6) is -2.25. The molecular formula is C17H16F2N2O4. The summed E-state index contributed by atoms with van der Waals surface area (Å²) >= 11 is 0. The van der Waals surface area contributed by atoms with Crippen LogP contribution in [0.1, 0.15) is 5.56 Å². The highest BCUT2D eigenvalue weighted by molar-refractivity contribution is 5.84. The normalized spacial score (nSPS) is 10.0. The van der Waals surface area contributed by atoms with Crippen molar-refractivity contribution < 1.29 is 27.8 Å². The monoisotopic (exact) mass is 350 g/mol. The number of carbonyl (C=O) groups is 2. The number of benzene rings is 2. The molecule has 132 valence electrons. The van der Waals surface area contributed by atoms with Gasteiger partial charge in [-0.1, -0.05) is 12.1 Å². The van der Waals surface area contributed by atoms with E-state index in [1.165, 1.54) is 7.11 Å². The van der Waals surface area contributed by atoms with E-state index in [1.807, 2.05) is 0 Å². The molecule has 0 bridgehead atoms. The number of hydrogen-bond donors (Lipinski definition) is 2. The molecule has 2 aromatic rings. The molecule has 6 nitrogen and oxygen atoms in total. The number of amides is 2. The van der Waals surface area contributed by atoms with E-state index in [1.54, 1.807) is 24.3 Å². The predicted molar refractivity (Wildman–Crippen MR) is 86.2 cm³/mol. The molecule has 0 saturated heterocycles. The van der Waals surface area contributed by atoms with Crippen molar-refractivity contribution in [3.05, 3.63) is 59.7 Å². The Morgan fingerprint density at radius 1 is 1.08 bits per heavy atom. The van der Waals surface area contributed by atoms with Crippen LogP contribution in [0, 0.1) is 11.6 Å². The Kier molecular flexibility index (Phi) is 6.27.